The van der Waals surface area contributed by atoms with Crippen molar-refractivity contribution in [3.05, 3.63) is 142 Å². The van der Waals surface area contributed by atoms with Crippen LogP contribution in [0.15, 0.2) is 108 Å². The first kappa shape index (κ1) is 32.1. The molecule has 10 nitrogen and oxygen atoms in total. The summed E-state index contributed by atoms with van der Waals surface area (Å²) in [6.45, 7) is 0.519. The van der Waals surface area contributed by atoms with Gasteiger partial charge in [0, 0.05) is 36.1 Å². The summed E-state index contributed by atoms with van der Waals surface area (Å²) in [5.41, 5.74) is 5.79. The normalized spacial score (nSPS) is 11.1. The molecule has 244 valence electrons. The van der Waals surface area contributed by atoms with E-state index in [4.69, 9.17) is 9.72 Å². The first-order chi connectivity index (χ1) is 23.4. The van der Waals surface area contributed by atoms with Gasteiger partial charge in [-0.1, -0.05) is 60.7 Å². The molecule has 0 fully saturated rings. The molecule has 6 aromatic rings. The maximum Gasteiger partial charge on any atom is 0.343 e. The van der Waals surface area contributed by atoms with E-state index in [1.54, 1.807) is 66.4 Å². The second-order valence-electron chi connectivity index (χ2n) is 10.9. The Morgan fingerprint density at radius 1 is 0.833 bits per heavy atom. The minimum absolute atomic E-state index is 0.165. The number of fused-ring (bicyclic) bond motifs is 1. The number of urea groups is 1. The SMILES string of the molecule is CONC(=O)Nc1ccc(-c2nc3n(Cc4c(F)cccc4F)cc(-c4ccc(OC)cc4)c(=O)n3c2CNCc2ccccc2)cc1. The molecule has 0 spiro atoms. The number of aromatic nitrogens is 3. The van der Waals surface area contributed by atoms with Crippen LogP contribution in [-0.4, -0.2) is 34.2 Å². The summed E-state index contributed by atoms with van der Waals surface area (Å²) >= 11 is 0. The molecule has 6 rings (SSSR count). The standard InChI is InChI=1S/C36H32F2N6O4/c1-47-27-17-13-24(14-18-27)28-21-43(22-29-30(37)9-6-10-31(29)38)36-41-33(25-11-15-26(16-12-25)40-35(46)42-48-2)32(44(36)34(28)45)20-39-19-23-7-4-3-5-8-23/h3-18,21,39H,19-20,22H2,1-2H3,(H2,40,42,46). The number of carbonyl (C=O) groups excluding carboxylic acids is 1. The number of anilines is 1. The molecule has 4 aromatic carbocycles. The van der Waals surface area contributed by atoms with Crippen LogP contribution in [0.1, 0.15) is 16.8 Å². The van der Waals surface area contributed by atoms with Crippen molar-refractivity contribution in [1.82, 2.24) is 24.7 Å². The molecule has 0 saturated carbocycles. The molecule has 0 aliphatic rings. The Balaban J connectivity index is 1.53. The quantitative estimate of drug-likeness (QED) is 0.145. The van der Waals surface area contributed by atoms with Crippen LogP contribution in [0, 0.1) is 11.6 Å². The monoisotopic (exact) mass is 650 g/mol. The predicted molar refractivity (Wildman–Crippen MR) is 178 cm³/mol. The Bertz CT molecular complexity index is 2090. The molecule has 0 unspecified atom stereocenters. The molecule has 3 N–H and O–H groups in total. The average molecular weight is 651 g/mol. The van der Waals surface area contributed by atoms with Gasteiger partial charge in [0.15, 0.2) is 0 Å². The molecule has 0 atom stereocenters. The molecule has 2 heterocycles. The number of amides is 2. The van der Waals surface area contributed by atoms with Crippen LogP contribution < -0.4 is 26.4 Å². The highest BCUT2D eigenvalue weighted by Crippen LogP contribution is 2.28. The molecular formula is C36H32F2N6O4. The number of methoxy groups -OCH3 is 1. The van der Waals surface area contributed by atoms with Gasteiger partial charge in [0.25, 0.3) is 5.56 Å². The minimum atomic E-state index is -0.713. The number of halogens is 2. The van der Waals surface area contributed by atoms with Crippen LogP contribution in [0.25, 0.3) is 28.2 Å². The fourth-order valence-corrected chi connectivity index (χ4v) is 5.45. The predicted octanol–water partition coefficient (Wildman–Crippen LogP) is 6.14. The highest BCUT2D eigenvalue weighted by molar-refractivity contribution is 5.88. The second kappa shape index (κ2) is 14.3. The molecule has 0 radical (unpaired) electrons. The van der Waals surface area contributed by atoms with Gasteiger partial charge >= 0.3 is 6.03 Å². The maximum atomic E-state index is 15.0. The highest BCUT2D eigenvalue weighted by Gasteiger charge is 2.22. The van der Waals surface area contributed by atoms with Gasteiger partial charge in [-0.25, -0.2) is 28.4 Å². The summed E-state index contributed by atoms with van der Waals surface area (Å²) in [5, 5.41) is 6.08. The molecule has 2 amide bonds. The van der Waals surface area contributed by atoms with Gasteiger partial charge in [-0.2, -0.15) is 0 Å². The van der Waals surface area contributed by atoms with Crippen LogP contribution in [0.5, 0.6) is 5.75 Å². The van der Waals surface area contributed by atoms with Gasteiger partial charge in [0.1, 0.15) is 17.4 Å². The first-order valence-corrected chi connectivity index (χ1v) is 15.0. The van der Waals surface area contributed by atoms with E-state index in [0.29, 0.717) is 46.1 Å². The number of nitrogens with one attached hydrogen (secondary N) is 3. The lowest BCUT2D eigenvalue weighted by atomic mass is 10.1. The van der Waals surface area contributed by atoms with Crippen molar-refractivity contribution in [2.24, 2.45) is 0 Å². The van der Waals surface area contributed by atoms with Gasteiger partial charge in [0.2, 0.25) is 5.78 Å². The highest BCUT2D eigenvalue weighted by atomic mass is 19.1. The van der Waals surface area contributed by atoms with Gasteiger partial charge < -0.3 is 19.9 Å². The van der Waals surface area contributed by atoms with E-state index < -0.39 is 17.7 Å². The lowest BCUT2D eigenvalue weighted by Crippen LogP contribution is -2.27. The van der Waals surface area contributed by atoms with Gasteiger partial charge in [0.05, 0.1) is 37.7 Å². The molecule has 0 saturated heterocycles. The Kier molecular flexibility index (Phi) is 9.55. The summed E-state index contributed by atoms with van der Waals surface area (Å²) in [5.74, 6) is -0.611. The van der Waals surface area contributed by atoms with Crippen molar-refractivity contribution >= 4 is 17.5 Å². The van der Waals surface area contributed by atoms with Crippen molar-refractivity contribution in [2.45, 2.75) is 19.6 Å². The van der Waals surface area contributed by atoms with E-state index in [1.165, 1.54) is 29.7 Å². The van der Waals surface area contributed by atoms with E-state index in [2.05, 4.69) is 21.0 Å². The lowest BCUT2D eigenvalue weighted by Gasteiger charge is -2.14. The third kappa shape index (κ3) is 6.80. The number of imidazole rings is 1. The largest absolute Gasteiger partial charge is 0.497 e. The number of hydrogen-bond donors (Lipinski definition) is 3. The number of rotatable bonds is 11. The molecule has 12 heteroatoms. The summed E-state index contributed by atoms with van der Waals surface area (Å²) in [6, 6.07) is 26.9. The summed E-state index contributed by atoms with van der Waals surface area (Å²) in [7, 11) is 2.88. The van der Waals surface area contributed by atoms with Gasteiger partial charge in [-0.05, 0) is 47.5 Å². The topological polar surface area (TPSA) is 111 Å². The van der Waals surface area contributed by atoms with E-state index in [1.807, 2.05) is 30.3 Å². The molecule has 0 bridgehead atoms. The molecule has 48 heavy (non-hydrogen) atoms. The van der Waals surface area contributed by atoms with Crippen LogP contribution in [0.4, 0.5) is 19.3 Å². The van der Waals surface area contributed by atoms with E-state index >= 15 is 0 Å². The van der Waals surface area contributed by atoms with Crippen molar-refractivity contribution < 1.29 is 23.1 Å². The molecule has 0 aliphatic carbocycles. The van der Waals surface area contributed by atoms with E-state index in [0.717, 1.165) is 5.56 Å². The number of carbonyl (C=O) groups is 1. The Hall–Kier alpha value is -5.85. The summed E-state index contributed by atoms with van der Waals surface area (Å²) < 4.78 is 38.3. The van der Waals surface area contributed by atoms with Gasteiger partial charge in [-0.15, -0.1) is 0 Å². The second-order valence-corrected chi connectivity index (χ2v) is 10.9. The third-order valence-electron chi connectivity index (χ3n) is 7.80. The zero-order chi connectivity index (χ0) is 33.6. The first-order valence-electron chi connectivity index (χ1n) is 15.0. The fourth-order valence-electron chi connectivity index (χ4n) is 5.45. The van der Waals surface area contributed by atoms with Crippen LogP contribution >= 0.6 is 0 Å². The van der Waals surface area contributed by atoms with Crippen molar-refractivity contribution in [1.29, 1.82) is 0 Å². The molecule has 0 aliphatic heterocycles. The summed E-state index contributed by atoms with van der Waals surface area (Å²) in [4.78, 5) is 35.9. The maximum absolute atomic E-state index is 15.0. The Morgan fingerprint density at radius 2 is 1.52 bits per heavy atom. The van der Waals surface area contributed by atoms with E-state index in [9.17, 15) is 18.4 Å². The van der Waals surface area contributed by atoms with Crippen molar-refractivity contribution in [2.75, 3.05) is 19.5 Å². The molecular weight excluding hydrogens is 618 g/mol. The number of nitrogens with zero attached hydrogens (tertiary/aromatic N) is 3. The number of hydroxylamine groups is 1. The Labute approximate surface area is 274 Å². The summed E-state index contributed by atoms with van der Waals surface area (Å²) in [6.07, 6.45) is 1.57. The average Bonchev–Trinajstić information content (AvgIpc) is 3.48. The zero-order valence-corrected chi connectivity index (χ0v) is 26.2. The van der Waals surface area contributed by atoms with E-state index in [-0.39, 0.29) is 30.0 Å². The number of ether oxygens (including phenoxy) is 1. The van der Waals surface area contributed by atoms with Crippen molar-refractivity contribution in [3.63, 3.8) is 0 Å². The lowest BCUT2D eigenvalue weighted by molar-refractivity contribution is 0.114. The number of hydrogen-bond acceptors (Lipinski definition) is 6. The van der Waals surface area contributed by atoms with Crippen LogP contribution in [0.2, 0.25) is 0 Å². The zero-order valence-electron chi connectivity index (χ0n) is 26.2. The van der Waals surface area contributed by atoms with Gasteiger partial charge in [-0.3, -0.25) is 9.63 Å². The smallest absolute Gasteiger partial charge is 0.343 e. The Morgan fingerprint density at radius 3 is 2.19 bits per heavy atom. The third-order valence-corrected chi connectivity index (χ3v) is 7.80. The van der Waals surface area contributed by atoms with Crippen LogP contribution in [-0.2, 0) is 24.5 Å². The van der Waals surface area contributed by atoms with Crippen LogP contribution in [0.3, 0.4) is 0 Å². The molecule has 2 aromatic heterocycles. The number of benzene rings is 4. The fraction of sp³-hybridized carbons (Fsp3) is 0.139. The van der Waals surface area contributed by atoms with Crippen molar-refractivity contribution in [3.8, 4) is 28.1 Å². The minimum Gasteiger partial charge on any atom is -0.497 e.